The number of carbonyl (C=O) groups is 3. The zero-order valence-electron chi connectivity index (χ0n) is 21.4. The molecule has 3 atom stereocenters. The summed E-state index contributed by atoms with van der Waals surface area (Å²) < 4.78 is 0. The molecule has 7 rings (SSSR count). The maximum atomic E-state index is 14.3. The van der Waals surface area contributed by atoms with Gasteiger partial charge in [0.15, 0.2) is 0 Å². The standard InChI is InChI=1S/C31H28Cl2N2O3/c1-4-18-11-5-10-16-23(18)34-27(36)26(17(2)3)35-28(37)24-25(29(35)38)31(33)20-13-7-6-12-19(20)30(24,32)21-14-8-9-15-22(21)31/h5-17,24-26H,4H2,1-3H3,(H,34,36)/t24-,25+,26-,30?,31?/m0/s1. The Labute approximate surface area is 232 Å². The van der Waals surface area contributed by atoms with Gasteiger partial charge < -0.3 is 5.32 Å². The second-order valence-electron chi connectivity index (χ2n) is 10.7. The van der Waals surface area contributed by atoms with Crippen LogP contribution in [-0.4, -0.2) is 28.7 Å². The third-order valence-corrected chi connectivity index (χ3v) is 9.74. The maximum absolute atomic E-state index is 14.3. The largest absolute Gasteiger partial charge is 0.324 e. The van der Waals surface area contributed by atoms with E-state index in [4.69, 9.17) is 23.2 Å². The third-order valence-electron chi connectivity index (χ3n) is 8.45. The van der Waals surface area contributed by atoms with Crippen LogP contribution in [-0.2, 0) is 30.6 Å². The smallest absolute Gasteiger partial charge is 0.247 e. The van der Waals surface area contributed by atoms with Gasteiger partial charge >= 0.3 is 0 Å². The number of para-hydroxylation sites is 1. The molecule has 2 bridgehead atoms. The Morgan fingerprint density at radius 3 is 1.66 bits per heavy atom. The molecule has 38 heavy (non-hydrogen) atoms. The number of amides is 3. The number of imide groups is 1. The van der Waals surface area contributed by atoms with Gasteiger partial charge in [-0.3, -0.25) is 19.3 Å². The Morgan fingerprint density at radius 2 is 1.24 bits per heavy atom. The predicted octanol–water partition coefficient (Wildman–Crippen LogP) is 5.81. The van der Waals surface area contributed by atoms with E-state index in [1.807, 2.05) is 93.6 Å². The summed E-state index contributed by atoms with van der Waals surface area (Å²) in [5, 5.41) is 2.98. The Balaban J connectivity index is 1.48. The molecule has 0 unspecified atom stereocenters. The summed E-state index contributed by atoms with van der Waals surface area (Å²) in [7, 11) is 0. The molecule has 194 valence electrons. The fourth-order valence-corrected chi connectivity index (χ4v) is 7.94. The van der Waals surface area contributed by atoms with Gasteiger partial charge in [-0.1, -0.05) is 87.5 Å². The number of halogens is 2. The molecule has 3 amide bonds. The Bertz CT molecular complexity index is 1380. The van der Waals surface area contributed by atoms with Gasteiger partial charge in [-0.25, -0.2) is 0 Å². The topological polar surface area (TPSA) is 66.5 Å². The molecular formula is C31H28Cl2N2O3. The van der Waals surface area contributed by atoms with E-state index in [1.54, 1.807) is 0 Å². The lowest BCUT2D eigenvalue weighted by atomic mass is 9.54. The first-order valence-electron chi connectivity index (χ1n) is 13.0. The van der Waals surface area contributed by atoms with Gasteiger partial charge in [0.1, 0.15) is 15.8 Å². The number of anilines is 1. The van der Waals surface area contributed by atoms with Crippen LogP contribution in [0.3, 0.4) is 0 Å². The first kappa shape index (κ1) is 25.1. The number of likely N-dealkylation sites (tertiary alicyclic amines) is 1. The van der Waals surface area contributed by atoms with Crippen molar-refractivity contribution in [3.05, 3.63) is 101 Å². The van der Waals surface area contributed by atoms with Crippen molar-refractivity contribution in [2.45, 2.75) is 43.0 Å². The second-order valence-corrected chi connectivity index (χ2v) is 11.9. The first-order chi connectivity index (χ1) is 18.2. The number of nitrogens with zero attached hydrogens (tertiary/aromatic N) is 1. The molecule has 7 heteroatoms. The van der Waals surface area contributed by atoms with E-state index >= 15 is 0 Å². The summed E-state index contributed by atoms with van der Waals surface area (Å²) in [5.74, 6) is -3.53. The van der Waals surface area contributed by atoms with Crippen LogP contribution < -0.4 is 5.32 Å². The van der Waals surface area contributed by atoms with Gasteiger partial charge in [0.05, 0.1) is 11.8 Å². The summed E-state index contributed by atoms with van der Waals surface area (Å²) >= 11 is 15.0. The number of hydrogen-bond acceptors (Lipinski definition) is 3. The van der Waals surface area contributed by atoms with Crippen molar-refractivity contribution in [3.8, 4) is 0 Å². The van der Waals surface area contributed by atoms with Crippen molar-refractivity contribution < 1.29 is 14.4 Å². The van der Waals surface area contributed by atoms with E-state index < -0.39 is 45.3 Å². The lowest BCUT2D eigenvalue weighted by Crippen LogP contribution is -2.57. The Hall–Kier alpha value is -3.15. The van der Waals surface area contributed by atoms with E-state index in [0.29, 0.717) is 5.69 Å². The van der Waals surface area contributed by atoms with Crippen LogP contribution in [0.15, 0.2) is 72.8 Å². The Kier molecular flexibility index (Phi) is 5.75. The third kappa shape index (κ3) is 3.09. The lowest BCUT2D eigenvalue weighted by molar-refractivity contribution is -0.148. The van der Waals surface area contributed by atoms with Crippen molar-refractivity contribution in [2.75, 3.05) is 5.32 Å². The van der Waals surface area contributed by atoms with E-state index in [1.165, 1.54) is 0 Å². The number of hydrogen-bond donors (Lipinski definition) is 1. The molecule has 0 spiro atoms. The molecule has 3 aliphatic carbocycles. The highest BCUT2D eigenvalue weighted by Gasteiger charge is 2.73. The van der Waals surface area contributed by atoms with E-state index in [-0.39, 0.29) is 5.92 Å². The number of rotatable bonds is 5. The lowest BCUT2D eigenvalue weighted by Gasteiger charge is -2.54. The summed E-state index contributed by atoms with van der Waals surface area (Å²) in [6, 6.07) is 21.6. The monoisotopic (exact) mass is 546 g/mol. The molecule has 1 saturated heterocycles. The quantitative estimate of drug-likeness (QED) is 0.324. The van der Waals surface area contributed by atoms with Gasteiger partial charge in [0.2, 0.25) is 17.7 Å². The zero-order chi connectivity index (χ0) is 27.0. The van der Waals surface area contributed by atoms with Gasteiger partial charge in [0, 0.05) is 5.69 Å². The molecule has 0 radical (unpaired) electrons. The fourth-order valence-electron chi connectivity index (χ4n) is 6.84. The van der Waals surface area contributed by atoms with Crippen LogP contribution in [0, 0.1) is 17.8 Å². The Morgan fingerprint density at radius 1 is 0.816 bits per heavy atom. The fraction of sp³-hybridized carbons (Fsp3) is 0.323. The molecule has 3 aromatic carbocycles. The van der Waals surface area contributed by atoms with Gasteiger partial charge in [-0.05, 0) is 46.2 Å². The molecule has 1 heterocycles. The molecule has 1 aliphatic heterocycles. The molecule has 3 aromatic rings. The maximum Gasteiger partial charge on any atom is 0.247 e. The molecule has 4 aliphatic rings. The minimum atomic E-state index is -1.27. The summed E-state index contributed by atoms with van der Waals surface area (Å²) in [5.41, 5.74) is 4.59. The van der Waals surface area contributed by atoms with Crippen molar-refractivity contribution >= 4 is 46.6 Å². The number of aryl methyl sites for hydroxylation is 1. The van der Waals surface area contributed by atoms with Crippen LogP contribution in [0.5, 0.6) is 0 Å². The van der Waals surface area contributed by atoms with E-state index in [2.05, 4.69) is 5.32 Å². The van der Waals surface area contributed by atoms with Gasteiger partial charge in [-0.15, -0.1) is 23.2 Å². The minimum Gasteiger partial charge on any atom is -0.324 e. The van der Waals surface area contributed by atoms with Crippen LogP contribution in [0.2, 0.25) is 0 Å². The van der Waals surface area contributed by atoms with Crippen LogP contribution in [0.1, 0.15) is 48.6 Å². The number of nitrogens with one attached hydrogen (secondary N) is 1. The average Bonchev–Trinajstić information content (AvgIpc) is 3.18. The van der Waals surface area contributed by atoms with E-state index in [0.717, 1.165) is 39.1 Å². The summed E-state index contributed by atoms with van der Waals surface area (Å²) in [6.45, 7) is 5.68. The van der Waals surface area contributed by atoms with Crippen LogP contribution in [0.25, 0.3) is 0 Å². The SMILES string of the molecule is CCc1ccccc1NC(=O)[C@H](C(C)C)N1C(=O)[C@@H]2[C@H](C1=O)C1(Cl)c3ccccc3C2(Cl)c2ccccc21. The van der Waals surface area contributed by atoms with Gasteiger partial charge in [0.25, 0.3) is 0 Å². The van der Waals surface area contributed by atoms with Gasteiger partial charge in [-0.2, -0.15) is 0 Å². The highest BCUT2D eigenvalue weighted by Crippen LogP contribution is 2.69. The van der Waals surface area contributed by atoms with Crippen molar-refractivity contribution in [1.29, 1.82) is 0 Å². The normalized spacial score (nSPS) is 27.7. The minimum absolute atomic E-state index is 0.336. The summed E-state index contributed by atoms with van der Waals surface area (Å²) in [4.78, 5) is 41.0. The molecule has 5 nitrogen and oxygen atoms in total. The molecule has 1 N–H and O–H groups in total. The zero-order valence-corrected chi connectivity index (χ0v) is 22.9. The van der Waals surface area contributed by atoms with Crippen molar-refractivity contribution in [3.63, 3.8) is 0 Å². The second kappa shape index (κ2) is 8.69. The highest BCUT2D eigenvalue weighted by molar-refractivity contribution is 6.36. The number of benzene rings is 3. The predicted molar refractivity (Wildman–Crippen MR) is 148 cm³/mol. The van der Waals surface area contributed by atoms with Crippen LogP contribution in [0.4, 0.5) is 5.69 Å². The first-order valence-corrected chi connectivity index (χ1v) is 13.8. The molecule has 0 aromatic heterocycles. The van der Waals surface area contributed by atoms with E-state index in [9.17, 15) is 14.4 Å². The number of alkyl halides is 2. The molecule has 1 fully saturated rings. The van der Waals surface area contributed by atoms with Crippen LogP contribution >= 0.6 is 23.2 Å². The molecular weight excluding hydrogens is 519 g/mol. The number of carbonyl (C=O) groups excluding carboxylic acids is 3. The van der Waals surface area contributed by atoms with Crippen molar-refractivity contribution in [2.24, 2.45) is 17.8 Å². The van der Waals surface area contributed by atoms with Crippen molar-refractivity contribution in [1.82, 2.24) is 4.90 Å². The average molecular weight is 547 g/mol. The summed E-state index contributed by atoms with van der Waals surface area (Å²) in [6.07, 6.45) is 0.731. The molecule has 0 saturated carbocycles. The highest BCUT2D eigenvalue weighted by atomic mass is 35.5.